The number of anilines is 1. The van der Waals surface area contributed by atoms with Gasteiger partial charge in [-0.1, -0.05) is 28.7 Å². The minimum atomic E-state index is -6.09. The predicted octanol–water partition coefficient (Wildman–Crippen LogP) is 2.10. The largest absolute Gasteiger partial charge is 0.741 e. The highest BCUT2D eigenvalue weighted by Crippen LogP contribution is 2.27. The molecule has 0 bridgehead atoms. The molecule has 174 valence electrons. The Hall–Kier alpha value is -2.07. The molecular weight excluding hydrogens is 612 g/mol. The van der Waals surface area contributed by atoms with Gasteiger partial charge in [-0.3, -0.25) is 10.1 Å². The van der Waals surface area contributed by atoms with Gasteiger partial charge in [-0.05, 0) is 60.3 Å². The van der Waals surface area contributed by atoms with E-state index in [1.54, 1.807) is 11.3 Å². The van der Waals surface area contributed by atoms with E-state index >= 15 is 0 Å². The zero-order chi connectivity index (χ0) is 24.2. The topological polar surface area (TPSA) is 99.2 Å². The van der Waals surface area contributed by atoms with Crippen LogP contribution in [0.3, 0.4) is 0 Å². The Kier molecular flexibility index (Phi) is 8.10. The smallest absolute Gasteiger partial charge is 0.485 e. The lowest BCUT2D eigenvalue weighted by Gasteiger charge is -2.08. The maximum atomic E-state index is 12.5. The highest BCUT2D eigenvalue weighted by atomic mass is 127. The number of hydrogen-bond acceptors (Lipinski definition) is 7. The molecule has 13 heteroatoms. The first kappa shape index (κ1) is 25.6. The van der Waals surface area contributed by atoms with Gasteiger partial charge in [0.1, 0.15) is 0 Å². The predicted molar refractivity (Wildman–Crippen MR) is 116 cm³/mol. The molecule has 4 rings (SSSR count). The van der Waals surface area contributed by atoms with Crippen molar-refractivity contribution in [3.05, 3.63) is 77.6 Å². The first-order chi connectivity index (χ1) is 15.4. The molecule has 0 unspecified atom stereocenters. The van der Waals surface area contributed by atoms with Crippen LogP contribution < -0.4 is 26.5 Å². The summed E-state index contributed by atoms with van der Waals surface area (Å²) in [6.07, 6.45) is 0. The van der Waals surface area contributed by atoms with Crippen LogP contribution in [0, 0.1) is 13.4 Å². The molecule has 0 fully saturated rings. The van der Waals surface area contributed by atoms with Crippen molar-refractivity contribution < 1.29 is 52.1 Å². The van der Waals surface area contributed by atoms with Gasteiger partial charge in [-0.15, -0.1) is 0 Å². The van der Waals surface area contributed by atoms with E-state index in [0.717, 1.165) is 10.2 Å². The minimum Gasteiger partial charge on any atom is -0.741 e. The molecule has 6 nitrogen and oxygen atoms in total. The molecule has 2 heterocycles. The van der Waals surface area contributed by atoms with E-state index in [4.69, 9.17) is 13.0 Å². The molecule has 0 radical (unpaired) electrons. The van der Waals surface area contributed by atoms with Crippen molar-refractivity contribution >= 4 is 54.0 Å². The van der Waals surface area contributed by atoms with E-state index < -0.39 is 15.6 Å². The fraction of sp³-hybridized carbons (Fsp3) is 0.100. The van der Waals surface area contributed by atoms with Crippen molar-refractivity contribution in [2.45, 2.75) is 12.4 Å². The molecule has 1 amide bonds. The third-order valence-electron chi connectivity index (χ3n) is 3.84. The monoisotopic (exact) mass is 626 g/mol. The highest BCUT2D eigenvalue weighted by Gasteiger charge is 2.36. The molecule has 33 heavy (non-hydrogen) atoms. The summed E-state index contributed by atoms with van der Waals surface area (Å²) < 4.78 is 62.7. The van der Waals surface area contributed by atoms with Crippen molar-refractivity contribution in [2.24, 2.45) is 0 Å². The van der Waals surface area contributed by atoms with Crippen LogP contribution in [0.25, 0.3) is 10.2 Å². The summed E-state index contributed by atoms with van der Waals surface area (Å²) in [5.74, 6) is -0.114. The van der Waals surface area contributed by atoms with Gasteiger partial charge in [0.25, 0.3) is 5.91 Å². The molecular formula is C20H14F3IN2O4S3. The van der Waals surface area contributed by atoms with E-state index in [9.17, 15) is 18.0 Å². The summed E-state index contributed by atoms with van der Waals surface area (Å²) in [6.45, 7) is 2.05. The standard InChI is InChI=1S/C19H13IN2OS2.CHF3O3S/c1-12-4-9-15-16(11-12)25-19(21-15)22-18(23)13-5-7-14(8-6-13)20-17-3-2-10-24-17;2-1(3,4)8(5,6)7/h2-11H,1H3;(H,5,6,7). The van der Waals surface area contributed by atoms with Crippen LogP contribution in [0.4, 0.5) is 18.3 Å². The summed E-state index contributed by atoms with van der Waals surface area (Å²) in [4.78, 5) is 16.9. The molecule has 0 saturated carbocycles. The van der Waals surface area contributed by atoms with Gasteiger partial charge < -0.3 is 4.55 Å². The normalized spacial score (nSPS) is 11.7. The number of carbonyl (C=O) groups excluding carboxylic acids is 1. The van der Waals surface area contributed by atoms with Crippen molar-refractivity contribution in [2.75, 3.05) is 5.32 Å². The molecule has 1 N–H and O–H groups in total. The van der Waals surface area contributed by atoms with Gasteiger partial charge in [0.15, 0.2) is 18.8 Å². The number of thiophene rings is 1. The number of alkyl halides is 3. The molecule has 0 atom stereocenters. The number of rotatable bonds is 4. The van der Waals surface area contributed by atoms with Crippen molar-refractivity contribution in [3.8, 4) is 0 Å². The van der Waals surface area contributed by atoms with Crippen LogP contribution in [-0.2, 0) is 10.1 Å². The number of fused-ring (bicyclic) bond motifs is 1. The average Bonchev–Trinajstić information content (AvgIpc) is 3.36. The molecule has 0 aliphatic rings. The Balaban J connectivity index is 0.000000331. The molecule has 0 spiro atoms. The number of aryl methyl sites for hydroxylation is 1. The minimum absolute atomic E-state index is 0.114. The van der Waals surface area contributed by atoms with E-state index in [-0.39, 0.29) is 27.1 Å². The molecule has 2 aromatic carbocycles. The lowest BCUT2D eigenvalue weighted by Crippen LogP contribution is -3.61. The Morgan fingerprint density at radius 1 is 1.12 bits per heavy atom. The second kappa shape index (κ2) is 10.5. The zero-order valence-corrected chi connectivity index (χ0v) is 21.2. The van der Waals surface area contributed by atoms with Crippen LogP contribution >= 0.6 is 22.7 Å². The fourth-order valence-electron chi connectivity index (χ4n) is 2.34. The van der Waals surface area contributed by atoms with Gasteiger partial charge in [0.2, 0.25) is 2.88 Å². The quantitative estimate of drug-likeness (QED) is 0.213. The van der Waals surface area contributed by atoms with Gasteiger partial charge in [-0.2, -0.15) is 13.2 Å². The summed E-state index contributed by atoms with van der Waals surface area (Å²) in [6, 6.07) is 18.3. The average molecular weight is 626 g/mol. The van der Waals surface area contributed by atoms with E-state index in [1.807, 2.05) is 24.3 Å². The van der Waals surface area contributed by atoms with Crippen LogP contribution in [0.5, 0.6) is 0 Å². The third kappa shape index (κ3) is 7.20. The summed E-state index contributed by atoms with van der Waals surface area (Å²) >= 11 is 3.14. The first-order valence-electron chi connectivity index (χ1n) is 8.91. The number of thiazole rings is 1. The Bertz CT molecular complexity index is 1350. The van der Waals surface area contributed by atoms with Gasteiger partial charge >= 0.3 is 26.7 Å². The number of amides is 1. The van der Waals surface area contributed by atoms with E-state index in [1.165, 1.54) is 23.4 Å². The first-order valence-corrected chi connectivity index (χ1v) is 14.2. The van der Waals surface area contributed by atoms with E-state index in [0.29, 0.717) is 10.7 Å². The number of benzene rings is 2. The van der Waals surface area contributed by atoms with Crippen molar-refractivity contribution in [3.63, 3.8) is 0 Å². The van der Waals surface area contributed by atoms with E-state index in [2.05, 4.69) is 52.9 Å². The van der Waals surface area contributed by atoms with Crippen LogP contribution in [0.15, 0.2) is 60.0 Å². The molecule has 0 aliphatic heterocycles. The van der Waals surface area contributed by atoms with Crippen LogP contribution in [-0.4, -0.2) is 29.4 Å². The number of halogens is 4. The van der Waals surface area contributed by atoms with Gasteiger partial charge in [0.05, 0.1) is 10.2 Å². The lowest BCUT2D eigenvalue weighted by molar-refractivity contribution is -0.591. The number of nitrogens with one attached hydrogen (secondary N) is 1. The third-order valence-corrected chi connectivity index (χ3v) is 9.51. The fourth-order valence-corrected chi connectivity index (χ4v) is 6.93. The molecule has 0 saturated heterocycles. The van der Waals surface area contributed by atoms with Crippen LogP contribution in [0.1, 0.15) is 15.9 Å². The molecule has 2 aromatic heterocycles. The number of carbonyl (C=O) groups is 1. The van der Waals surface area contributed by atoms with Gasteiger partial charge in [0, 0.05) is 11.6 Å². The maximum Gasteiger partial charge on any atom is 0.485 e. The van der Waals surface area contributed by atoms with Crippen LogP contribution in [0.2, 0.25) is 0 Å². The zero-order valence-electron chi connectivity index (χ0n) is 16.6. The lowest BCUT2D eigenvalue weighted by atomic mass is 10.2. The summed E-state index contributed by atoms with van der Waals surface area (Å²) in [5.41, 5.74) is -2.87. The number of hydrogen-bond donors (Lipinski definition) is 1. The number of aromatic nitrogens is 1. The summed E-state index contributed by atoms with van der Waals surface area (Å²) in [7, 11) is -6.09. The molecule has 4 aromatic rings. The highest BCUT2D eigenvalue weighted by molar-refractivity contribution is 7.86. The maximum absolute atomic E-state index is 12.5. The molecule has 0 aliphatic carbocycles. The van der Waals surface area contributed by atoms with Crippen molar-refractivity contribution in [1.29, 1.82) is 0 Å². The summed E-state index contributed by atoms with van der Waals surface area (Å²) in [5, 5.41) is 5.66. The number of nitrogens with zero attached hydrogens (tertiary/aromatic N) is 1. The second-order valence-electron chi connectivity index (χ2n) is 6.36. The Labute approximate surface area is 205 Å². The van der Waals surface area contributed by atoms with Crippen molar-refractivity contribution in [1.82, 2.24) is 4.98 Å². The Morgan fingerprint density at radius 2 is 1.79 bits per heavy atom. The SMILES string of the molecule is Cc1ccc2nc(NC(=O)c3ccc([I+]c4cccs4)cc3)sc2c1.O=S(=O)([O-])C(F)(F)F. The van der Waals surface area contributed by atoms with Gasteiger partial charge in [-0.25, -0.2) is 13.4 Å². The Morgan fingerprint density at radius 3 is 2.36 bits per heavy atom. The second-order valence-corrected chi connectivity index (χ2v) is 13.4.